The van der Waals surface area contributed by atoms with E-state index in [9.17, 15) is 9.90 Å². The van der Waals surface area contributed by atoms with Gasteiger partial charge in [-0.2, -0.15) is 0 Å². The van der Waals surface area contributed by atoms with Gasteiger partial charge in [-0.15, -0.1) is 11.3 Å². The molecule has 1 saturated heterocycles. The number of hydrogen-bond acceptors (Lipinski definition) is 5. The second-order valence-corrected chi connectivity index (χ2v) is 8.79. The number of benzene rings is 2. The van der Waals surface area contributed by atoms with E-state index >= 15 is 0 Å². The number of likely N-dealkylation sites (tertiary alicyclic amines) is 1. The van der Waals surface area contributed by atoms with E-state index in [0.717, 1.165) is 29.0 Å². The summed E-state index contributed by atoms with van der Waals surface area (Å²) in [6.45, 7) is 3.28. The van der Waals surface area contributed by atoms with Crippen LogP contribution in [-0.2, 0) is 11.4 Å². The van der Waals surface area contributed by atoms with Gasteiger partial charge in [-0.25, -0.2) is 0 Å². The Kier molecular flexibility index (Phi) is 6.59. The Balaban J connectivity index is 1.65. The van der Waals surface area contributed by atoms with Gasteiger partial charge in [-0.05, 0) is 60.0 Å². The van der Waals surface area contributed by atoms with Crippen molar-refractivity contribution in [1.82, 2.24) is 4.90 Å². The van der Waals surface area contributed by atoms with Crippen molar-refractivity contribution in [2.75, 3.05) is 13.7 Å². The van der Waals surface area contributed by atoms with E-state index in [0.29, 0.717) is 24.5 Å². The molecule has 162 valence electrons. The normalized spacial score (nSPS) is 17.4. The molecule has 2 unspecified atom stereocenters. The van der Waals surface area contributed by atoms with Crippen LogP contribution >= 0.6 is 11.3 Å². The van der Waals surface area contributed by atoms with Gasteiger partial charge in [-0.3, -0.25) is 9.69 Å². The number of carboxylic acids is 1. The molecule has 31 heavy (non-hydrogen) atoms. The summed E-state index contributed by atoms with van der Waals surface area (Å²) in [5.74, 6) is 0.566. The van der Waals surface area contributed by atoms with Gasteiger partial charge in [0.2, 0.25) is 0 Å². The fraction of sp³-hybridized carbons (Fsp3) is 0.320. The fourth-order valence-electron chi connectivity index (χ4n) is 4.19. The standard InChI is InChI=1S/C25H27NO4S/c1-17-13-23(31-16-17)24(26-12-6-9-20(26)25(27)28)19-10-11-21(22(14-19)29-2)30-15-18-7-4-3-5-8-18/h3-5,7-8,10-11,13-14,16,20,24H,6,9,12,15H2,1-2H3,(H,27,28). The van der Waals surface area contributed by atoms with Crippen LogP contribution in [0.4, 0.5) is 0 Å². The number of methoxy groups -OCH3 is 1. The van der Waals surface area contributed by atoms with Gasteiger partial charge in [-0.1, -0.05) is 36.4 Å². The summed E-state index contributed by atoms with van der Waals surface area (Å²) in [5.41, 5.74) is 3.28. The molecule has 1 N–H and O–H groups in total. The highest BCUT2D eigenvalue weighted by Crippen LogP contribution is 2.40. The van der Waals surface area contributed by atoms with Crippen molar-refractivity contribution < 1.29 is 19.4 Å². The van der Waals surface area contributed by atoms with Gasteiger partial charge < -0.3 is 14.6 Å². The summed E-state index contributed by atoms with van der Waals surface area (Å²) in [6.07, 6.45) is 1.55. The Hall–Kier alpha value is -2.83. The zero-order chi connectivity index (χ0) is 21.8. The van der Waals surface area contributed by atoms with Gasteiger partial charge in [0.25, 0.3) is 0 Å². The molecule has 5 nitrogen and oxygen atoms in total. The van der Waals surface area contributed by atoms with E-state index in [1.165, 1.54) is 5.56 Å². The lowest BCUT2D eigenvalue weighted by molar-refractivity contribution is -0.142. The predicted octanol–water partition coefficient (Wildman–Crippen LogP) is 5.28. The summed E-state index contributed by atoms with van der Waals surface area (Å²) in [7, 11) is 1.63. The molecule has 0 spiro atoms. The van der Waals surface area contributed by atoms with Crippen molar-refractivity contribution in [2.24, 2.45) is 0 Å². The number of aliphatic carboxylic acids is 1. The number of nitrogens with zero attached hydrogens (tertiary/aromatic N) is 1. The maximum Gasteiger partial charge on any atom is 0.320 e. The molecule has 1 aliphatic heterocycles. The van der Waals surface area contributed by atoms with Crippen LogP contribution < -0.4 is 9.47 Å². The van der Waals surface area contributed by atoms with Crippen LogP contribution in [0, 0.1) is 6.92 Å². The zero-order valence-corrected chi connectivity index (χ0v) is 18.6. The molecule has 0 saturated carbocycles. The monoisotopic (exact) mass is 437 g/mol. The number of hydrogen-bond donors (Lipinski definition) is 1. The number of rotatable bonds is 8. The first-order valence-corrected chi connectivity index (χ1v) is 11.3. The van der Waals surface area contributed by atoms with Crippen LogP contribution in [0.2, 0.25) is 0 Å². The van der Waals surface area contributed by atoms with E-state index in [-0.39, 0.29) is 6.04 Å². The summed E-state index contributed by atoms with van der Waals surface area (Å²) >= 11 is 1.67. The molecule has 1 fully saturated rings. The second-order valence-electron chi connectivity index (χ2n) is 7.85. The summed E-state index contributed by atoms with van der Waals surface area (Å²) in [6, 6.07) is 17.5. The molecule has 6 heteroatoms. The summed E-state index contributed by atoms with van der Waals surface area (Å²) in [5, 5.41) is 11.9. The van der Waals surface area contributed by atoms with Crippen molar-refractivity contribution in [3.05, 3.63) is 81.5 Å². The van der Waals surface area contributed by atoms with Crippen LogP contribution in [0.3, 0.4) is 0 Å². The topological polar surface area (TPSA) is 59.0 Å². The van der Waals surface area contributed by atoms with E-state index in [4.69, 9.17) is 9.47 Å². The van der Waals surface area contributed by atoms with Gasteiger partial charge in [0.05, 0.1) is 13.2 Å². The second kappa shape index (κ2) is 9.54. The van der Waals surface area contributed by atoms with Gasteiger partial charge in [0, 0.05) is 11.4 Å². The minimum absolute atomic E-state index is 0.126. The van der Waals surface area contributed by atoms with Gasteiger partial charge in [0.1, 0.15) is 12.6 Å². The third-order valence-electron chi connectivity index (χ3n) is 5.67. The molecule has 0 amide bonds. The maximum absolute atomic E-state index is 11.9. The first-order chi connectivity index (χ1) is 15.1. The molecule has 1 aromatic heterocycles. The molecule has 2 aromatic carbocycles. The lowest BCUT2D eigenvalue weighted by Crippen LogP contribution is -2.39. The average Bonchev–Trinajstić information content (AvgIpc) is 3.43. The van der Waals surface area contributed by atoms with Crippen molar-refractivity contribution in [2.45, 2.75) is 38.5 Å². The maximum atomic E-state index is 11.9. The molecule has 2 heterocycles. The van der Waals surface area contributed by atoms with Crippen LogP contribution in [0.5, 0.6) is 11.5 Å². The predicted molar refractivity (Wildman–Crippen MR) is 122 cm³/mol. The SMILES string of the molecule is COc1cc(C(c2cc(C)cs2)N2CCCC2C(=O)O)ccc1OCc1ccccc1. The third-order valence-corrected chi connectivity index (χ3v) is 6.77. The molecule has 1 aliphatic rings. The minimum atomic E-state index is -0.759. The Morgan fingerprint density at radius 2 is 2.00 bits per heavy atom. The van der Waals surface area contributed by atoms with Crippen LogP contribution in [0.15, 0.2) is 60.0 Å². The van der Waals surface area contributed by atoms with Crippen molar-refractivity contribution in [3.8, 4) is 11.5 Å². The number of carbonyl (C=O) groups is 1. The Bertz CT molecular complexity index is 1030. The third kappa shape index (κ3) is 4.75. The molecule has 0 radical (unpaired) electrons. The Morgan fingerprint density at radius 3 is 2.68 bits per heavy atom. The molecule has 4 rings (SSSR count). The van der Waals surface area contributed by atoms with E-state index in [1.807, 2.05) is 48.5 Å². The zero-order valence-electron chi connectivity index (χ0n) is 17.8. The van der Waals surface area contributed by atoms with Crippen molar-refractivity contribution in [1.29, 1.82) is 0 Å². The Morgan fingerprint density at radius 1 is 1.19 bits per heavy atom. The van der Waals surface area contributed by atoms with Gasteiger partial charge in [0.15, 0.2) is 11.5 Å². The average molecular weight is 438 g/mol. The highest BCUT2D eigenvalue weighted by Gasteiger charge is 2.37. The number of thiophene rings is 1. The number of carboxylic acid groups (broad SMARTS) is 1. The quantitative estimate of drug-likeness (QED) is 0.519. The highest BCUT2D eigenvalue weighted by atomic mass is 32.1. The van der Waals surface area contributed by atoms with Crippen LogP contribution in [0.1, 0.15) is 40.5 Å². The van der Waals surface area contributed by atoms with Crippen molar-refractivity contribution >= 4 is 17.3 Å². The smallest absolute Gasteiger partial charge is 0.320 e. The van der Waals surface area contributed by atoms with E-state index < -0.39 is 12.0 Å². The molecule has 0 aliphatic carbocycles. The van der Waals surface area contributed by atoms with E-state index in [1.54, 1.807) is 18.4 Å². The lowest BCUT2D eigenvalue weighted by Gasteiger charge is -2.31. The lowest BCUT2D eigenvalue weighted by atomic mass is 10.0. The van der Waals surface area contributed by atoms with Crippen LogP contribution in [0.25, 0.3) is 0 Å². The number of aryl methyl sites for hydroxylation is 1. The Labute approximate surface area is 186 Å². The summed E-state index contributed by atoms with van der Waals surface area (Å²) < 4.78 is 11.7. The first kappa shape index (κ1) is 21.4. The highest BCUT2D eigenvalue weighted by molar-refractivity contribution is 7.10. The fourth-order valence-corrected chi connectivity index (χ4v) is 5.23. The molecular formula is C25H27NO4S. The number of ether oxygens (including phenoxy) is 2. The van der Waals surface area contributed by atoms with Gasteiger partial charge >= 0.3 is 5.97 Å². The minimum Gasteiger partial charge on any atom is -0.493 e. The molecular weight excluding hydrogens is 410 g/mol. The molecule has 3 aromatic rings. The van der Waals surface area contributed by atoms with Crippen LogP contribution in [-0.4, -0.2) is 35.7 Å². The van der Waals surface area contributed by atoms with E-state index in [2.05, 4.69) is 23.3 Å². The molecule has 0 bridgehead atoms. The summed E-state index contributed by atoms with van der Waals surface area (Å²) in [4.78, 5) is 15.1. The first-order valence-electron chi connectivity index (χ1n) is 10.4. The molecule has 2 atom stereocenters. The van der Waals surface area contributed by atoms with Crippen molar-refractivity contribution in [3.63, 3.8) is 0 Å². The largest absolute Gasteiger partial charge is 0.493 e.